The molecule has 0 spiro atoms. The van der Waals surface area contributed by atoms with Crippen LogP contribution in [-0.4, -0.2) is 63.9 Å². The van der Waals surface area contributed by atoms with Gasteiger partial charge in [0.05, 0.1) is 5.09 Å². The second kappa shape index (κ2) is 10.4. The van der Waals surface area contributed by atoms with Crippen LogP contribution in [0.2, 0.25) is 0 Å². The summed E-state index contributed by atoms with van der Waals surface area (Å²) in [6, 6.07) is 0. The fourth-order valence-corrected chi connectivity index (χ4v) is 0. The molecular weight excluding hydrogens is 304 g/mol. The van der Waals surface area contributed by atoms with Crippen LogP contribution in [0.25, 0.3) is 0 Å². The molecule has 0 aromatic carbocycles. The van der Waals surface area contributed by atoms with Gasteiger partial charge in [-0.25, -0.2) is 0 Å². The summed E-state index contributed by atoms with van der Waals surface area (Å²) in [6.07, 6.45) is 0. The van der Waals surface area contributed by atoms with E-state index in [0.717, 1.165) is 0 Å². The monoisotopic (exact) mass is 309 g/mol. The maximum absolute atomic E-state index is 8.74. The van der Waals surface area contributed by atoms with Crippen LogP contribution in [0.15, 0.2) is 0 Å². The molecule has 0 aromatic heterocycles. The first-order valence-electron chi connectivity index (χ1n) is 1.25. The third-order valence-electron chi connectivity index (χ3n) is 0. The Morgan fingerprint density at radius 2 is 1.18 bits per heavy atom. The normalized spacial score (nSPS) is 7.45. The van der Waals surface area contributed by atoms with Gasteiger partial charge >= 0.3 is 51.7 Å². The van der Waals surface area contributed by atoms with E-state index in [1.807, 2.05) is 0 Å². The van der Waals surface area contributed by atoms with E-state index in [-0.39, 0.29) is 41.3 Å². The summed E-state index contributed by atoms with van der Waals surface area (Å²) < 4.78 is 31.6. The molecule has 2 N–H and O–H groups in total. The van der Waals surface area contributed by atoms with E-state index in [9.17, 15) is 0 Å². The summed E-state index contributed by atoms with van der Waals surface area (Å²) in [7, 11) is -4.67. The van der Waals surface area contributed by atoms with Crippen LogP contribution in [0.5, 0.6) is 0 Å². The van der Waals surface area contributed by atoms with E-state index < -0.39 is 15.5 Å². The quantitative estimate of drug-likeness (QED) is 0.224. The molecule has 0 aromatic rings. The van der Waals surface area contributed by atoms with Gasteiger partial charge in [-0.1, -0.05) is 0 Å². The van der Waals surface area contributed by atoms with Gasteiger partial charge in [0.15, 0.2) is 0 Å². The van der Waals surface area contributed by atoms with Crippen LogP contribution in [0.1, 0.15) is 0 Å². The molecule has 0 aliphatic carbocycles. The van der Waals surface area contributed by atoms with E-state index in [0.29, 0.717) is 0 Å². The van der Waals surface area contributed by atoms with Crippen molar-refractivity contribution in [3.63, 3.8) is 0 Å². The summed E-state index contributed by atoms with van der Waals surface area (Å²) in [5.74, 6) is 0. The van der Waals surface area contributed by atoms with E-state index in [4.69, 9.17) is 32.8 Å². The standard InChI is InChI=1S/Al.NO3.H2O4S.Sn.2H/c;2-1(3)4;1-5(2,3)4;;;/h;;(H2,1,2,3,4);;;/q+3;-1;;;;. The second-order valence-electron chi connectivity index (χ2n) is 0.671. The molecule has 0 fully saturated rings. The van der Waals surface area contributed by atoms with Gasteiger partial charge in [0.1, 0.15) is 0 Å². The SMILES string of the molecule is O=S(=O)(O)O.O=[N+]([O-])[O-].[Al+3].[SnH2]. The van der Waals surface area contributed by atoms with Crippen molar-refractivity contribution in [2.45, 2.75) is 0 Å². The van der Waals surface area contributed by atoms with Crippen LogP contribution in [0, 0.1) is 15.3 Å². The minimum atomic E-state index is -4.67. The molecule has 11 heteroatoms. The maximum atomic E-state index is 8.74. The Bertz CT molecular complexity index is 161. The molecule has 0 aliphatic rings. The molecule has 0 amide bonds. The zero-order valence-electron chi connectivity index (χ0n) is 5.08. The van der Waals surface area contributed by atoms with E-state index >= 15 is 0 Å². The number of hydrogen-bond acceptors (Lipinski definition) is 5. The minimum absolute atomic E-state index is 0. The van der Waals surface area contributed by atoms with Gasteiger partial charge < -0.3 is 15.3 Å². The molecule has 0 saturated carbocycles. The van der Waals surface area contributed by atoms with Gasteiger partial charge in [-0.15, -0.1) is 0 Å². The molecule has 62 valence electrons. The molecule has 0 aliphatic heterocycles. The molecule has 0 atom stereocenters. The van der Waals surface area contributed by atoms with Crippen LogP contribution < -0.4 is 0 Å². The van der Waals surface area contributed by atoms with Crippen molar-refractivity contribution in [3.8, 4) is 0 Å². The topological polar surface area (TPSA) is 141 Å². The third-order valence-corrected chi connectivity index (χ3v) is 0. The molecule has 0 bridgehead atoms. The van der Waals surface area contributed by atoms with Crippen LogP contribution >= 0.6 is 0 Å². The zero-order chi connectivity index (χ0) is 8.08. The van der Waals surface area contributed by atoms with Crippen LogP contribution in [0.3, 0.4) is 0 Å². The Kier molecular flexibility index (Phi) is 21.3. The van der Waals surface area contributed by atoms with Gasteiger partial charge in [0.25, 0.3) is 0 Å². The van der Waals surface area contributed by atoms with Gasteiger partial charge in [-0.05, 0) is 0 Å². The fraction of sp³-hybridized carbons (Fsp3) is 0. The Morgan fingerprint density at radius 1 is 1.18 bits per heavy atom. The molecule has 0 saturated heterocycles. The molecule has 8 nitrogen and oxygen atoms in total. The first kappa shape index (κ1) is 22.5. The Balaban J connectivity index is -0.0000000383. The van der Waals surface area contributed by atoms with Crippen molar-refractivity contribution in [2.24, 2.45) is 0 Å². The third kappa shape index (κ3) is 4560. The van der Waals surface area contributed by atoms with Crippen molar-refractivity contribution in [3.05, 3.63) is 15.3 Å². The van der Waals surface area contributed by atoms with Gasteiger partial charge in [-0.2, -0.15) is 8.42 Å². The van der Waals surface area contributed by atoms with E-state index in [1.54, 1.807) is 0 Å². The Morgan fingerprint density at radius 3 is 1.18 bits per heavy atom. The number of nitrogens with zero attached hydrogens (tertiary/aromatic N) is 1. The predicted octanol–water partition coefficient (Wildman–Crippen LogP) is -2.19. The first-order chi connectivity index (χ1) is 3.73. The van der Waals surface area contributed by atoms with Gasteiger partial charge in [0.2, 0.25) is 0 Å². The molecule has 0 rings (SSSR count). The van der Waals surface area contributed by atoms with Crippen molar-refractivity contribution >= 4 is 51.7 Å². The summed E-state index contributed by atoms with van der Waals surface area (Å²) in [6.45, 7) is 0. The van der Waals surface area contributed by atoms with Crippen molar-refractivity contribution in [1.29, 1.82) is 0 Å². The molecule has 0 unspecified atom stereocenters. The summed E-state index contributed by atoms with van der Waals surface area (Å²) in [5.41, 5.74) is 0. The summed E-state index contributed by atoms with van der Waals surface area (Å²) in [4.78, 5) is 8.25. The first-order valence-corrected chi connectivity index (χ1v) is 2.64. The van der Waals surface area contributed by atoms with E-state index in [1.165, 1.54) is 0 Å². The molecule has 11 heavy (non-hydrogen) atoms. The number of hydrogen-bond donors (Lipinski definition) is 2. The number of rotatable bonds is 0. The molecular formula is H4AlNO7SSn+2. The van der Waals surface area contributed by atoms with Crippen molar-refractivity contribution in [1.82, 2.24) is 0 Å². The van der Waals surface area contributed by atoms with Crippen molar-refractivity contribution in [2.75, 3.05) is 0 Å². The van der Waals surface area contributed by atoms with Crippen LogP contribution in [0.4, 0.5) is 0 Å². The average molecular weight is 308 g/mol. The Hall–Kier alpha value is 0.401. The average Bonchev–Trinajstić information content (AvgIpc) is 1.19. The second-order valence-corrected chi connectivity index (χ2v) is 1.57. The van der Waals surface area contributed by atoms with Gasteiger partial charge in [0, 0.05) is 0 Å². The molecule has 2 radical (unpaired) electrons. The van der Waals surface area contributed by atoms with Crippen molar-refractivity contribution < 1.29 is 22.6 Å². The predicted molar refractivity (Wildman–Crippen MR) is 38.8 cm³/mol. The summed E-state index contributed by atoms with van der Waals surface area (Å²) in [5, 5.41) is 14.8. The summed E-state index contributed by atoms with van der Waals surface area (Å²) >= 11 is 0. The van der Waals surface area contributed by atoms with E-state index in [2.05, 4.69) is 0 Å². The Labute approximate surface area is 89.4 Å². The van der Waals surface area contributed by atoms with Gasteiger partial charge in [-0.3, -0.25) is 9.11 Å². The zero-order valence-corrected chi connectivity index (χ0v) is 11.1. The molecule has 0 heterocycles. The fourth-order valence-electron chi connectivity index (χ4n) is 0. The van der Waals surface area contributed by atoms with Crippen LogP contribution in [-0.2, 0) is 10.4 Å².